The van der Waals surface area contributed by atoms with E-state index in [1.807, 2.05) is 20.8 Å². The first kappa shape index (κ1) is 18.0. The van der Waals surface area contributed by atoms with E-state index in [1.165, 1.54) is 13.2 Å². The molecule has 132 valence electrons. The molecule has 7 nitrogen and oxygen atoms in total. The van der Waals surface area contributed by atoms with Crippen LogP contribution in [0, 0.1) is 5.92 Å². The number of methoxy groups -OCH3 is 1. The van der Waals surface area contributed by atoms with Gasteiger partial charge in [-0.3, -0.25) is 4.79 Å². The molecule has 1 saturated heterocycles. The van der Waals surface area contributed by atoms with Gasteiger partial charge in [0.2, 0.25) is 0 Å². The molecule has 1 atom stereocenters. The number of aromatic nitrogens is 1. The molecule has 1 amide bonds. The molecule has 24 heavy (non-hydrogen) atoms. The van der Waals surface area contributed by atoms with E-state index in [4.69, 9.17) is 4.74 Å². The van der Waals surface area contributed by atoms with Gasteiger partial charge in [0, 0.05) is 31.9 Å². The average Bonchev–Trinajstić information content (AvgIpc) is 2.95. The highest BCUT2D eigenvalue weighted by atomic mass is 16.6. The summed E-state index contributed by atoms with van der Waals surface area (Å²) in [5.74, 6) is -0.351. The molecule has 0 spiro atoms. The Balaban J connectivity index is 1.97. The Labute approximate surface area is 141 Å². The number of rotatable bonds is 3. The van der Waals surface area contributed by atoms with Crippen LogP contribution in [-0.2, 0) is 16.0 Å². The van der Waals surface area contributed by atoms with Gasteiger partial charge < -0.3 is 18.9 Å². The SMILES string of the molecule is COC(=O)c1ccn(CC2CCN(C(=O)OC(C)(C)C)C2)c(=O)c1. The Morgan fingerprint density at radius 2 is 2.04 bits per heavy atom. The van der Waals surface area contributed by atoms with Gasteiger partial charge in [0.15, 0.2) is 0 Å². The highest BCUT2D eigenvalue weighted by Gasteiger charge is 2.30. The number of carbonyl (C=O) groups is 2. The summed E-state index contributed by atoms with van der Waals surface area (Å²) in [4.78, 5) is 37.3. The molecule has 1 aliphatic rings. The summed E-state index contributed by atoms with van der Waals surface area (Å²) in [5.41, 5.74) is -0.537. The molecular formula is C17H24N2O5. The Bertz CT molecular complexity index is 674. The van der Waals surface area contributed by atoms with E-state index >= 15 is 0 Å². The zero-order chi connectivity index (χ0) is 17.9. The molecular weight excluding hydrogens is 312 g/mol. The fourth-order valence-electron chi connectivity index (χ4n) is 2.66. The van der Waals surface area contributed by atoms with Gasteiger partial charge in [-0.1, -0.05) is 0 Å². The number of carbonyl (C=O) groups excluding carboxylic acids is 2. The van der Waals surface area contributed by atoms with Crippen molar-refractivity contribution >= 4 is 12.1 Å². The number of esters is 1. The third-order valence-electron chi connectivity index (χ3n) is 3.81. The van der Waals surface area contributed by atoms with Gasteiger partial charge in [-0.15, -0.1) is 0 Å². The zero-order valence-corrected chi connectivity index (χ0v) is 14.6. The van der Waals surface area contributed by atoms with Gasteiger partial charge in [-0.2, -0.15) is 0 Å². The summed E-state index contributed by atoms with van der Waals surface area (Å²) in [7, 11) is 1.28. The lowest BCUT2D eigenvalue weighted by Crippen LogP contribution is -2.35. The third kappa shape index (κ3) is 4.59. The van der Waals surface area contributed by atoms with Gasteiger partial charge in [-0.25, -0.2) is 9.59 Å². The molecule has 0 aliphatic carbocycles. The van der Waals surface area contributed by atoms with Crippen molar-refractivity contribution in [3.8, 4) is 0 Å². The fourth-order valence-corrected chi connectivity index (χ4v) is 2.66. The van der Waals surface area contributed by atoms with E-state index in [0.29, 0.717) is 19.6 Å². The Kier molecular flexibility index (Phi) is 5.31. The first-order valence-electron chi connectivity index (χ1n) is 7.96. The second-order valence-corrected chi connectivity index (χ2v) is 6.98. The van der Waals surface area contributed by atoms with Gasteiger partial charge in [0.05, 0.1) is 12.7 Å². The lowest BCUT2D eigenvalue weighted by molar-refractivity contribution is 0.0286. The summed E-state index contributed by atoms with van der Waals surface area (Å²) in [6.07, 6.45) is 2.08. The molecule has 0 aromatic carbocycles. The van der Waals surface area contributed by atoms with Crippen LogP contribution in [0.3, 0.4) is 0 Å². The smallest absolute Gasteiger partial charge is 0.410 e. The number of hydrogen-bond acceptors (Lipinski definition) is 5. The number of ether oxygens (including phenoxy) is 2. The lowest BCUT2D eigenvalue weighted by atomic mass is 10.1. The molecule has 1 aromatic heterocycles. The molecule has 7 heteroatoms. The molecule has 0 radical (unpaired) electrons. The van der Waals surface area contributed by atoms with Gasteiger partial charge in [-0.05, 0) is 39.2 Å². The molecule has 2 heterocycles. The van der Waals surface area contributed by atoms with E-state index in [-0.39, 0.29) is 23.1 Å². The van der Waals surface area contributed by atoms with Crippen LogP contribution in [0.2, 0.25) is 0 Å². The molecule has 1 aliphatic heterocycles. The minimum atomic E-state index is -0.531. The average molecular weight is 336 g/mol. The second kappa shape index (κ2) is 7.07. The Morgan fingerprint density at radius 3 is 2.62 bits per heavy atom. The maximum absolute atomic E-state index is 12.1. The van der Waals surface area contributed by atoms with Gasteiger partial charge >= 0.3 is 12.1 Å². The van der Waals surface area contributed by atoms with Crippen molar-refractivity contribution in [3.05, 3.63) is 34.2 Å². The van der Waals surface area contributed by atoms with Crippen LogP contribution in [0.4, 0.5) is 4.79 Å². The zero-order valence-electron chi connectivity index (χ0n) is 14.6. The minimum absolute atomic E-state index is 0.180. The van der Waals surface area contributed by atoms with Gasteiger partial charge in [0.25, 0.3) is 5.56 Å². The molecule has 1 unspecified atom stereocenters. The Hall–Kier alpha value is -2.31. The monoisotopic (exact) mass is 336 g/mol. The summed E-state index contributed by atoms with van der Waals surface area (Å²) in [6.45, 7) is 7.18. The van der Waals surface area contributed by atoms with Gasteiger partial charge in [0.1, 0.15) is 5.60 Å². The third-order valence-corrected chi connectivity index (χ3v) is 3.81. The van der Waals surface area contributed by atoms with E-state index < -0.39 is 11.6 Å². The van der Waals surface area contributed by atoms with E-state index in [9.17, 15) is 14.4 Å². The lowest BCUT2D eigenvalue weighted by Gasteiger charge is -2.24. The molecule has 1 aromatic rings. The molecule has 0 saturated carbocycles. The predicted octanol–water partition coefficient (Wildman–Crippen LogP) is 1.89. The molecule has 0 N–H and O–H groups in total. The molecule has 0 bridgehead atoms. The van der Waals surface area contributed by atoms with Crippen molar-refractivity contribution in [3.63, 3.8) is 0 Å². The van der Waals surface area contributed by atoms with Crippen molar-refractivity contribution in [1.29, 1.82) is 0 Å². The number of pyridine rings is 1. The van der Waals surface area contributed by atoms with Crippen LogP contribution in [0.25, 0.3) is 0 Å². The van der Waals surface area contributed by atoms with Crippen LogP contribution in [0.1, 0.15) is 37.6 Å². The van der Waals surface area contributed by atoms with E-state index in [2.05, 4.69) is 4.74 Å². The predicted molar refractivity (Wildman–Crippen MR) is 88.0 cm³/mol. The fraction of sp³-hybridized carbons (Fsp3) is 0.588. The van der Waals surface area contributed by atoms with Crippen LogP contribution in [0.15, 0.2) is 23.1 Å². The summed E-state index contributed by atoms with van der Waals surface area (Å²) < 4.78 is 11.5. The first-order valence-corrected chi connectivity index (χ1v) is 7.96. The Morgan fingerprint density at radius 1 is 1.33 bits per heavy atom. The van der Waals surface area contributed by atoms with Crippen molar-refractivity contribution in [2.75, 3.05) is 20.2 Å². The minimum Gasteiger partial charge on any atom is -0.465 e. The highest BCUT2D eigenvalue weighted by Crippen LogP contribution is 2.20. The standard InChI is InChI=1S/C17H24N2O5/c1-17(2,3)24-16(22)19-7-5-12(11-19)10-18-8-6-13(9-14(18)20)15(21)23-4/h6,8-9,12H,5,7,10-11H2,1-4H3. The number of likely N-dealkylation sites (tertiary alicyclic amines) is 1. The number of nitrogens with zero attached hydrogens (tertiary/aromatic N) is 2. The maximum Gasteiger partial charge on any atom is 0.410 e. The van der Waals surface area contributed by atoms with Crippen LogP contribution in [0.5, 0.6) is 0 Å². The van der Waals surface area contributed by atoms with Crippen molar-refractivity contribution in [1.82, 2.24) is 9.47 Å². The summed E-state index contributed by atoms with van der Waals surface area (Å²) >= 11 is 0. The topological polar surface area (TPSA) is 77.8 Å². The first-order chi connectivity index (χ1) is 11.2. The highest BCUT2D eigenvalue weighted by molar-refractivity contribution is 5.88. The van der Waals surface area contributed by atoms with Crippen LogP contribution < -0.4 is 5.56 Å². The molecule has 2 rings (SSSR count). The van der Waals surface area contributed by atoms with E-state index in [0.717, 1.165) is 6.42 Å². The quantitative estimate of drug-likeness (QED) is 0.788. The van der Waals surface area contributed by atoms with Crippen molar-refractivity contribution in [2.45, 2.75) is 39.3 Å². The van der Waals surface area contributed by atoms with Crippen LogP contribution >= 0.6 is 0 Å². The van der Waals surface area contributed by atoms with Crippen LogP contribution in [-0.4, -0.2) is 47.3 Å². The van der Waals surface area contributed by atoms with E-state index in [1.54, 1.807) is 21.7 Å². The largest absolute Gasteiger partial charge is 0.465 e. The number of hydrogen-bond donors (Lipinski definition) is 0. The summed E-state index contributed by atoms with van der Waals surface area (Å²) in [5, 5.41) is 0. The molecule has 1 fully saturated rings. The summed E-state index contributed by atoms with van der Waals surface area (Å²) in [6, 6.07) is 2.83. The number of amides is 1. The van der Waals surface area contributed by atoms with Crippen molar-refractivity contribution in [2.24, 2.45) is 5.92 Å². The maximum atomic E-state index is 12.1. The normalized spacial score (nSPS) is 17.7. The van der Waals surface area contributed by atoms with Crippen molar-refractivity contribution < 1.29 is 19.1 Å². The second-order valence-electron chi connectivity index (χ2n) is 6.98.